The molecule has 4 nitrogen and oxygen atoms in total. The standard InChI is InChI=1S/C12H24N4/c1-2-16(12-14-7-8-15-12)11-6-4-3-5-10(11)9-13/h10-11H,2-9,13H2,1H3,(H,14,15). The number of guanidine groups is 1. The van der Waals surface area contributed by atoms with E-state index in [0.29, 0.717) is 12.0 Å². The van der Waals surface area contributed by atoms with Gasteiger partial charge in [-0.05, 0) is 32.2 Å². The van der Waals surface area contributed by atoms with Gasteiger partial charge in [-0.3, -0.25) is 4.99 Å². The van der Waals surface area contributed by atoms with Gasteiger partial charge in [0.2, 0.25) is 0 Å². The van der Waals surface area contributed by atoms with Crippen LogP contribution in [-0.2, 0) is 0 Å². The first-order valence-electron chi connectivity index (χ1n) is 6.61. The third-order valence-electron chi connectivity index (χ3n) is 3.84. The minimum absolute atomic E-state index is 0.605. The Balaban J connectivity index is 2.06. The Bertz CT molecular complexity index is 251. The molecule has 1 saturated carbocycles. The van der Waals surface area contributed by atoms with Gasteiger partial charge in [0.25, 0.3) is 0 Å². The van der Waals surface area contributed by atoms with Crippen molar-refractivity contribution in [2.24, 2.45) is 16.6 Å². The molecule has 1 aliphatic carbocycles. The summed E-state index contributed by atoms with van der Waals surface area (Å²) >= 11 is 0. The molecule has 4 heteroatoms. The molecule has 92 valence electrons. The first-order valence-corrected chi connectivity index (χ1v) is 6.61. The van der Waals surface area contributed by atoms with E-state index in [1.165, 1.54) is 25.7 Å². The van der Waals surface area contributed by atoms with Crippen LogP contribution in [0, 0.1) is 5.92 Å². The molecule has 1 aliphatic heterocycles. The molecule has 0 aromatic carbocycles. The molecule has 1 heterocycles. The van der Waals surface area contributed by atoms with Crippen molar-refractivity contribution in [1.82, 2.24) is 10.2 Å². The van der Waals surface area contributed by atoms with Crippen molar-refractivity contribution in [3.63, 3.8) is 0 Å². The predicted octanol–water partition coefficient (Wildman–Crippen LogP) is 0.785. The molecule has 0 spiro atoms. The third-order valence-corrected chi connectivity index (χ3v) is 3.84. The number of nitrogens with zero attached hydrogens (tertiary/aromatic N) is 2. The van der Waals surface area contributed by atoms with Crippen molar-refractivity contribution in [1.29, 1.82) is 0 Å². The molecule has 0 aromatic heterocycles. The van der Waals surface area contributed by atoms with Crippen molar-refractivity contribution in [2.75, 3.05) is 26.2 Å². The van der Waals surface area contributed by atoms with Gasteiger partial charge in [-0.1, -0.05) is 12.8 Å². The smallest absolute Gasteiger partial charge is 0.194 e. The Morgan fingerprint density at radius 2 is 2.25 bits per heavy atom. The van der Waals surface area contributed by atoms with Crippen LogP contribution in [0.3, 0.4) is 0 Å². The summed E-state index contributed by atoms with van der Waals surface area (Å²) in [5.74, 6) is 1.76. The van der Waals surface area contributed by atoms with Crippen LogP contribution in [0.1, 0.15) is 32.6 Å². The van der Waals surface area contributed by atoms with E-state index in [9.17, 15) is 0 Å². The van der Waals surface area contributed by atoms with Crippen LogP contribution < -0.4 is 11.1 Å². The molecular weight excluding hydrogens is 200 g/mol. The van der Waals surface area contributed by atoms with E-state index >= 15 is 0 Å². The van der Waals surface area contributed by atoms with Crippen molar-refractivity contribution in [3.8, 4) is 0 Å². The summed E-state index contributed by atoms with van der Waals surface area (Å²) < 4.78 is 0. The highest BCUT2D eigenvalue weighted by Gasteiger charge is 2.30. The summed E-state index contributed by atoms with van der Waals surface area (Å²) in [5, 5.41) is 3.38. The lowest BCUT2D eigenvalue weighted by Crippen LogP contribution is -2.51. The van der Waals surface area contributed by atoms with Gasteiger partial charge in [0.1, 0.15) is 0 Å². The summed E-state index contributed by atoms with van der Waals surface area (Å²) in [6.07, 6.45) is 5.24. The lowest BCUT2D eigenvalue weighted by molar-refractivity contribution is 0.175. The van der Waals surface area contributed by atoms with Crippen molar-refractivity contribution in [3.05, 3.63) is 0 Å². The van der Waals surface area contributed by atoms with Crippen molar-refractivity contribution < 1.29 is 0 Å². The molecule has 3 N–H and O–H groups in total. The monoisotopic (exact) mass is 224 g/mol. The highest BCUT2D eigenvalue weighted by molar-refractivity contribution is 5.81. The fourth-order valence-corrected chi connectivity index (χ4v) is 2.99. The summed E-state index contributed by atoms with van der Waals surface area (Å²) in [4.78, 5) is 6.98. The zero-order chi connectivity index (χ0) is 11.4. The number of aliphatic imine (C=N–C) groups is 1. The quantitative estimate of drug-likeness (QED) is 0.745. The molecule has 0 amide bonds. The number of hydrogen-bond acceptors (Lipinski definition) is 4. The second-order valence-corrected chi connectivity index (χ2v) is 4.77. The summed E-state index contributed by atoms with van der Waals surface area (Å²) in [6.45, 7) is 5.98. The molecule has 0 bridgehead atoms. The van der Waals surface area contributed by atoms with E-state index in [1.807, 2.05) is 0 Å². The molecule has 2 rings (SSSR count). The summed E-state index contributed by atoms with van der Waals surface area (Å²) in [5.41, 5.74) is 5.90. The van der Waals surface area contributed by atoms with Crippen LogP contribution in [0.5, 0.6) is 0 Å². The minimum Gasteiger partial charge on any atom is -0.354 e. The average molecular weight is 224 g/mol. The molecule has 0 saturated heterocycles. The van der Waals surface area contributed by atoms with E-state index in [2.05, 4.69) is 22.1 Å². The number of rotatable bonds is 3. The zero-order valence-corrected chi connectivity index (χ0v) is 10.3. The lowest BCUT2D eigenvalue weighted by Gasteiger charge is -2.40. The van der Waals surface area contributed by atoms with E-state index in [1.54, 1.807) is 0 Å². The predicted molar refractivity (Wildman–Crippen MR) is 67.5 cm³/mol. The highest BCUT2D eigenvalue weighted by atomic mass is 15.3. The maximum absolute atomic E-state index is 5.90. The SMILES string of the molecule is CCN(C1=NCCN1)C1CCCCC1CN. The fraction of sp³-hybridized carbons (Fsp3) is 0.917. The minimum atomic E-state index is 0.605. The van der Waals surface area contributed by atoms with Crippen LogP contribution in [0.4, 0.5) is 0 Å². The lowest BCUT2D eigenvalue weighted by atomic mass is 9.83. The number of hydrogen-bond donors (Lipinski definition) is 2. The second-order valence-electron chi connectivity index (χ2n) is 4.77. The molecular formula is C12H24N4. The summed E-state index contributed by atoms with van der Waals surface area (Å²) in [6, 6.07) is 0.605. The van der Waals surface area contributed by atoms with Crippen molar-refractivity contribution >= 4 is 5.96 Å². The molecule has 16 heavy (non-hydrogen) atoms. The maximum Gasteiger partial charge on any atom is 0.194 e. The highest BCUT2D eigenvalue weighted by Crippen LogP contribution is 2.28. The molecule has 2 atom stereocenters. The van der Waals surface area contributed by atoms with Gasteiger partial charge in [-0.2, -0.15) is 0 Å². The molecule has 0 radical (unpaired) electrons. The number of nitrogens with one attached hydrogen (secondary N) is 1. The fourth-order valence-electron chi connectivity index (χ4n) is 2.99. The Hall–Kier alpha value is -0.770. The van der Waals surface area contributed by atoms with Gasteiger partial charge in [-0.25, -0.2) is 0 Å². The van der Waals surface area contributed by atoms with Crippen LogP contribution in [-0.4, -0.2) is 43.1 Å². The average Bonchev–Trinajstić information content (AvgIpc) is 2.84. The van der Waals surface area contributed by atoms with Crippen LogP contribution in [0.2, 0.25) is 0 Å². The Labute approximate surface area is 98.3 Å². The zero-order valence-electron chi connectivity index (χ0n) is 10.3. The largest absolute Gasteiger partial charge is 0.354 e. The molecule has 0 aromatic rings. The van der Waals surface area contributed by atoms with Gasteiger partial charge in [0.15, 0.2) is 5.96 Å². The summed E-state index contributed by atoms with van der Waals surface area (Å²) in [7, 11) is 0. The van der Waals surface area contributed by atoms with Crippen LogP contribution in [0.25, 0.3) is 0 Å². The van der Waals surface area contributed by atoms with E-state index in [-0.39, 0.29) is 0 Å². The number of nitrogens with two attached hydrogens (primary N) is 1. The van der Waals surface area contributed by atoms with Crippen LogP contribution >= 0.6 is 0 Å². The van der Waals surface area contributed by atoms with Gasteiger partial charge < -0.3 is 16.0 Å². The van der Waals surface area contributed by atoms with Crippen LogP contribution in [0.15, 0.2) is 4.99 Å². The Morgan fingerprint density at radius 3 is 2.88 bits per heavy atom. The van der Waals surface area contributed by atoms with Gasteiger partial charge in [0, 0.05) is 19.1 Å². The second kappa shape index (κ2) is 5.53. The van der Waals surface area contributed by atoms with Gasteiger partial charge in [0.05, 0.1) is 6.54 Å². The van der Waals surface area contributed by atoms with Crippen molar-refractivity contribution in [2.45, 2.75) is 38.6 Å². The first kappa shape index (κ1) is 11.7. The Morgan fingerprint density at radius 1 is 1.44 bits per heavy atom. The topological polar surface area (TPSA) is 53.6 Å². The van der Waals surface area contributed by atoms with E-state index < -0.39 is 0 Å². The molecule has 2 unspecified atom stereocenters. The maximum atomic E-state index is 5.90. The Kier molecular flexibility index (Phi) is 4.04. The van der Waals surface area contributed by atoms with Gasteiger partial charge >= 0.3 is 0 Å². The first-order chi connectivity index (χ1) is 7.86. The van der Waals surface area contributed by atoms with E-state index in [0.717, 1.165) is 32.1 Å². The van der Waals surface area contributed by atoms with Gasteiger partial charge in [-0.15, -0.1) is 0 Å². The molecule has 2 aliphatic rings. The normalized spacial score (nSPS) is 29.8. The molecule has 1 fully saturated rings. The third kappa shape index (κ3) is 2.32. The van der Waals surface area contributed by atoms with E-state index in [4.69, 9.17) is 5.73 Å².